The van der Waals surface area contributed by atoms with Crippen molar-refractivity contribution in [3.63, 3.8) is 0 Å². The molecule has 0 spiro atoms. The van der Waals surface area contributed by atoms with E-state index in [0.717, 1.165) is 29.7 Å². The summed E-state index contributed by atoms with van der Waals surface area (Å²) in [7, 11) is 1.69. The molecule has 0 bridgehead atoms. The molecule has 2 rings (SSSR count). The van der Waals surface area contributed by atoms with Crippen molar-refractivity contribution >= 4 is 17.3 Å². The van der Waals surface area contributed by atoms with Crippen LogP contribution in [0, 0.1) is 13.8 Å². The van der Waals surface area contributed by atoms with Crippen LogP contribution < -0.4 is 5.32 Å². The molecule has 2 heterocycles. The molecule has 5 nitrogen and oxygen atoms in total. The number of anilines is 1. The molecule has 0 fully saturated rings. The van der Waals surface area contributed by atoms with Gasteiger partial charge >= 0.3 is 0 Å². The lowest BCUT2D eigenvalue weighted by Gasteiger charge is -2.07. The molecule has 98 valence electrons. The van der Waals surface area contributed by atoms with Gasteiger partial charge < -0.3 is 14.6 Å². The SMILES string of the molecule is COCCNc1nc(C)cn1Cc1cnc(C)s1. The Hall–Kier alpha value is -1.40. The van der Waals surface area contributed by atoms with Crippen LogP contribution in [0.2, 0.25) is 0 Å². The largest absolute Gasteiger partial charge is 0.383 e. The van der Waals surface area contributed by atoms with Gasteiger partial charge in [-0.25, -0.2) is 9.97 Å². The molecule has 0 radical (unpaired) electrons. The van der Waals surface area contributed by atoms with Crippen molar-refractivity contribution in [1.29, 1.82) is 0 Å². The standard InChI is InChI=1S/C12H18N4OS/c1-9-7-16(8-11-6-14-10(2)18-11)12(15-9)13-4-5-17-3/h6-7H,4-5,8H2,1-3H3,(H,13,15). The fraction of sp³-hybridized carbons (Fsp3) is 0.500. The normalized spacial score (nSPS) is 10.8. The van der Waals surface area contributed by atoms with E-state index in [1.807, 2.05) is 26.2 Å². The maximum absolute atomic E-state index is 5.02. The van der Waals surface area contributed by atoms with Crippen molar-refractivity contribution < 1.29 is 4.74 Å². The summed E-state index contributed by atoms with van der Waals surface area (Å²) in [5, 5.41) is 4.37. The summed E-state index contributed by atoms with van der Waals surface area (Å²) >= 11 is 1.72. The second kappa shape index (κ2) is 5.97. The first-order valence-corrected chi connectivity index (χ1v) is 6.68. The Bertz CT molecular complexity index is 506. The number of aromatic nitrogens is 3. The van der Waals surface area contributed by atoms with E-state index in [4.69, 9.17) is 4.74 Å². The number of rotatable bonds is 6. The van der Waals surface area contributed by atoms with E-state index in [1.165, 1.54) is 4.88 Å². The van der Waals surface area contributed by atoms with Crippen LogP contribution in [0.3, 0.4) is 0 Å². The molecule has 0 aromatic carbocycles. The molecule has 0 atom stereocenters. The van der Waals surface area contributed by atoms with Gasteiger partial charge in [0, 0.05) is 30.9 Å². The van der Waals surface area contributed by atoms with Crippen molar-refractivity contribution in [2.45, 2.75) is 20.4 Å². The highest BCUT2D eigenvalue weighted by molar-refractivity contribution is 7.11. The van der Waals surface area contributed by atoms with Gasteiger partial charge in [-0.2, -0.15) is 0 Å². The maximum Gasteiger partial charge on any atom is 0.203 e. The Kier molecular flexibility index (Phi) is 4.33. The number of nitrogens with one attached hydrogen (secondary N) is 1. The van der Waals surface area contributed by atoms with Crippen LogP contribution in [0.5, 0.6) is 0 Å². The molecule has 0 unspecified atom stereocenters. The number of methoxy groups -OCH3 is 1. The van der Waals surface area contributed by atoms with Gasteiger partial charge in [0.25, 0.3) is 0 Å². The van der Waals surface area contributed by atoms with E-state index in [9.17, 15) is 0 Å². The number of imidazole rings is 1. The molecule has 0 saturated heterocycles. The van der Waals surface area contributed by atoms with Crippen molar-refractivity contribution in [1.82, 2.24) is 14.5 Å². The van der Waals surface area contributed by atoms with Crippen LogP contribution >= 0.6 is 11.3 Å². The quantitative estimate of drug-likeness (QED) is 0.813. The summed E-state index contributed by atoms with van der Waals surface area (Å²) < 4.78 is 7.13. The lowest BCUT2D eigenvalue weighted by molar-refractivity contribution is 0.210. The van der Waals surface area contributed by atoms with Crippen LogP contribution in [-0.2, 0) is 11.3 Å². The van der Waals surface area contributed by atoms with Gasteiger partial charge in [-0.1, -0.05) is 0 Å². The van der Waals surface area contributed by atoms with E-state index in [1.54, 1.807) is 18.4 Å². The van der Waals surface area contributed by atoms with Crippen LogP contribution in [0.15, 0.2) is 12.4 Å². The molecule has 2 aromatic heterocycles. The van der Waals surface area contributed by atoms with E-state index >= 15 is 0 Å². The molecule has 6 heteroatoms. The highest BCUT2D eigenvalue weighted by Crippen LogP contribution is 2.16. The van der Waals surface area contributed by atoms with E-state index < -0.39 is 0 Å². The van der Waals surface area contributed by atoms with Crippen molar-refractivity contribution in [2.75, 3.05) is 25.6 Å². The Labute approximate surface area is 111 Å². The Balaban J connectivity index is 2.06. The summed E-state index contributed by atoms with van der Waals surface area (Å²) in [5.41, 5.74) is 1.01. The first kappa shape index (κ1) is 13.0. The molecular formula is C12H18N4OS. The lowest BCUT2D eigenvalue weighted by atomic mass is 10.5. The Morgan fingerprint density at radius 3 is 2.94 bits per heavy atom. The average molecular weight is 266 g/mol. The number of thiazole rings is 1. The number of hydrogen-bond donors (Lipinski definition) is 1. The molecule has 18 heavy (non-hydrogen) atoms. The van der Waals surface area contributed by atoms with E-state index in [0.29, 0.717) is 6.61 Å². The Morgan fingerprint density at radius 2 is 2.28 bits per heavy atom. The summed E-state index contributed by atoms with van der Waals surface area (Å²) in [4.78, 5) is 9.97. The second-order valence-corrected chi connectivity index (χ2v) is 5.42. The molecule has 0 aliphatic rings. The predicted molar refractivity (Wildman–Crippen MR) is 73.3 cm³/mol. The van der Waals surface area contributed by atoms with Crippen molar-refractivity contribution in [3.8, 4) is 0 Å². The smallest absolute Gasteiger partial charge is 0.203 e. The number of ether oxygens (including phenoxy) is 1. The van der Waals surface area contributed by atoms with Crippen LogP contribution in [0.1, 0.15) is 15.6 Å². The minimum absolute atomic E-state index is 0.672. The second-order valence-electron chi connectivity index (χ2n) is 4.10. The Morgan fingerprint density at radius 1 is 1.44 bits per heavy atom. The zero-order valence-electron chi connectivity index (χ0n) is 10.9. The minimum atomic E-state index is 0.672. The van der Waals surface area contributed by atoms with Crippen LogP contribution in [0.25, 0.3) is 0 Å². The fourth-order valence-electron chi connectivity index (χ4n) is 1.72. The summed E-state index contributed by atoms with van der Waals surface area (Å²) in [6.07, 6.45) is 3.97. The monoisotopic (exact) mass is 266 g/mol. The molecule has 2 aromatic rings. The van der Waals surface area contributed by atoms with Gasteiger partial charge in [-0.15, -0.1) is 11.3 Å². The third-order valence-corrected chi connectivity index (χ3v) is 3.38. The minimum Gasteiger partial charge on any atom is -0.383 e. The third-order valence-electron chi connectivity index (χ3n) is 2.48. The number of hydrogen-bond acceptors (Lipinski definition) is 5. The van der Waals surface area contributed by atoms with E-state index in [-0.39, 0.29) is 0 Å². The molecule has 0 amide bonds. The van der Waals surface area contributed by atoms with Crippen LogP contribution in [-0.4, -0.2) is 34.8 Å². The van der Waals surface area contributed by atoms with Crippen molar-refractivity contribution in [2.24, 2.45) is 0 Å². The number of aryl methyl sites for hydroxylation is 2. The predicted octanol–water partition coefficient (Wildman–Crippen LogP) is 2.06. The molecular weight excluding hydrogens is 248 g/mol. The first-order chi connectivity index (χ1) is 8.69. The molecule has 0 aliphatic heterocycles. The van der Waals surface area contributed by atoms with Gasteiger partial charge in [0.15, 0.2) is 0 Å². The third kappa shape index (κ3) is 3.30. The molecule has 0 saturated carbocycles. The van der Waals surface area contributed by atoms with Gasteiger partial charge in [-0.05, 0) is 13.8 Å². The number of nitrogens with zero attached hydrogens (tertiary/aromatic N) is 3. The van der Waals surface area contributed by atoms with Gasteiger partial charge in [0.05, 0.1) is 23.9 Å². The fourth-order valence-corrected chi connectivity index (χ4v) is 2.51. The van der Waals surface area contributed by atoms with Gasteiger partial charge in [0.1, 0.15) is 0 Å². The van der Waals surface area contributed by atoms with E-state index in [2.05, 4.69) is 19.9 Å². The molecule has 1 N–H and O–H groups in total. The average Bonchev–Trinajstić information content (AvgIpc) is 2.87. The summed E-state index contributed by atoms with van der Waals surface area (Å²) in [5.74, 6) is 0.885. The van der Waals surface area contributed by atoms with Crippen LogP contribution in [0.4, 0.5) is 5.95 Å². The van der Waals surface area contributed by atoms with Gasteiger partial charge in [0.2, 0.25) is 5.95 Å². The lowest BCUT2D eigenvalue weighted by Crippen LogP contribution is -2.12. The zero-order valence-corrected chi connectivity index (χ0v) is 11.8. The summed E-state index contributed by atoms with van der Waals surface area (Å²) in [6.45, 7) is 6.25. The highest BCUT2D eigenvalue weighted by Gasteiger charge is 2.07. The van der Waals surface area contributed by atoms with Crippen molar-refractivity contribution in [3.05, 3.63) is 28.0 Å². The zero-order chi connectivity index (χ0) is 13.0. The topological polar surface area (TPSA) is 52.0 Å². The summed E-state index contributed by atoms with van der Waals surface area (Å²) in [6, 6.07) is 0. The first-order valence-electron chi connectivity index (χ1n) is 5.87. The maximum atomic E-state index is 5.02. The molecule has 0 aliphatic carbocycles. The van der Waals surface area contributed by atoms with Gasteiger partial charge in [-0.3, -0.25) is 0 Å². The highest BCUT2D eigenvalue weighted by atomic mass is 32.1.